The molecule has 0 aliphatic carbocycles. The number of benzene rings is 3. The molecule has 4 N–H and O–H groups in total. The van der Waals surface area contributed by atoms with Gasteiger partial charge in [-0.1, -0.05) is 29.8 Å². The minimum atomic E-state index is -3.58. The normalized spacial score (nSPS) is 17.0. The highest BCUT2D eigenvalue weighted by molar-refractivity contribution is 7.92. The number of hydrogen-bond acceptors (Lipinski definition) is 15. The number of ether oxygens (including phenoxy) is 3. The van der Waals surface area contributed by atoms with Gasteiger partial charge in [-0.15, -0.1) is 0 Å². The molecule has 17 nitrogen and oxygen atoms in total. The lowest BCUT2D eigenvalue weighted by molar-refractivity contribution is -0.136. The molecule has 0 saturated carbocycles. The second-order valence-corrected chi connectivity index (χ2v) is 20.3. The maximum atomic E-state index is 13.3. The maximum absolute atomic E-state index is 13.3. The van der Waals surface area contributed by atoms with E-state index >= 15 is 0 Å². The number of hydrogen-bond donors (Lipinski definition) is 4. The Labute approximate surface area is 396 Å². The molecule has 358 valence electrons. The first-order chi connectivity index (χ1) is 32.1. The van der Waals surface area contributed by atoms with Crippen molar-refractivity contribution in [3.63, 3.8) is 0 Å². The first-order valence-electron chi connectivity index (χ1n) is 22.8. The summed E-state index contributed by atoms with van der Waals surface area (Å²) in [5.74, 6) is -0.582. The maximum Gasteiger partial charge on any atom is 0.264 e. The van der Waals surface area contributed by atoms with Crippen LogP contribution in [0.4, 0.5) is 28.8 Å². The van der Waals surface area contributed by atoms with E-state index in [1.54, 1.807) is 56.3 Å². The van der Waals surface area contributed by atoms with Crippen molar-refractivity contribution in [3.8, 4) is 5.75 Å². The average Bonchev–Trinajstić information content (AvgIpc) is 3.55. The van der Waals surface area contributed by atoms with E-state index in [4.69, 9.17) is 25.8 Å². The first kappa shape index (κ1) is 49.3. The van der Waals surface area contributed by atoms with Crippen LogP contribution in [0.25, 0.3) is 0 Å². The molecule has 2 fully saturated rings. The molecule has 0 spiro atoms. The van der Waals surface area contributed by atoms with E-state index in [1.165, 1.54) is 11.8 Å². The molecule has 4 aromatic rings. The highest BCUT2D eigenvalue weighted by Crippen LogP contribution is 2.39. The molecule has 4 amide bonds. The largest absolute Gasteiger partial charge is 0.489 e. The lowest BCUT2D eigenvalue weighted by Crippen LogP contribution is -2.54. The number of nitrogens with zero attached hydrogens (tertiary/aromatic N) is 4. The van der Waals surface area contributed by atoms with Gasteiger partial charge < -0.3 is 35.1 Å². The van der Waals surface area contributed by atoms with Gasteiger partial charge in [-0.05, 0) is 127 Å². The molecular formula is C48H59ClN8O9S. The van der Waals surface area contributed by atoms with Crippen LogP contribution >= 0.6 is 11.6 Å². The Kier molecular flexibility index (Phi) is 16.2. The van der Waals surface area contributed by atoms with Crippen molar-refractivity contribution in [2.24, 2.45) is 0 Å². The van der Waals surface area contributed by atoms with Gasteiger partial charge in [-0.25, -0.2) is 13.4 Å². The highest BCUT2D eigenvalue weighted by Gasteiger charge is 2.45. The summed E-state index contributed by atoms with van der Waals surface area (Å²) in [6.45, 7) is 14.4. The van der Waals surface area contributed by atoms with Crippen molar-refractivity contribution in [2.75, 3.05) is 68.6 Å². The van der Waals surface area contributed by atoms with Gasteiger partial charge in [0.05, 0.1) is 64.8 Å². The average molecular weight is 960 g/mol. The van der Waals surface area contributed by atoms with Gasteiger partial charge in [-0.3, -0.25) is 29.4 Å². The number of likely N-dealkylation sites (tertiary alicyclic amines) is 1. The molecule has 2 saturated heterocycles. The summed E-state index contributed by atoms with van der Waals surface area (Å²) in [7, 11) is -3.58. The summed E-state index contributed by atoms with van der Waals surface area (Å²) in [6, 6.07) is 14.8. The standard InChI is InChI=1S/C48H59ClN8O9S/c1-29(2)66-40-27-34(31(5)26-38(40)53-48-51-28-35(49)44(55-48)52-36-11-6-7-13-41(36)67(62,63)30(3)4)32-16-20-56(21-17-32)19-9-22-64-24-25-65-23-18-50-37-12-8-10-33-43(37)47(61)57(46(33)60)39-14-15-42(58)54-45(39)59/h6-8,10-13,26-30,32,39,50H,9,14-25H2,1-5H3,(H,54,58,59)(H2,51,52,53,55). The van der Waals surface area contributed by atoms with Crippen molar-refractivity contribution < 1.29 is 41.8 Å². The minimum absolute atomic E-state index is 0.0617. The summed E-state index contributed by atoms with van der Waals surface area (Å²) >= 11 is 6.51. The summed E-state index contributed by atoms with van der Waals surface area (Å²) in [4.78, 5) is 63.1. The van der Waals surface area contributed by atoms with E-state index in [-0.39, 0.29) is 51.8 Å². The third-order valence-corrected chi connectivity index (χ3v) is 14.5. The van der Waals surface area contributed by atoms with Gasteiger partial charge in [0.15, 0.2) is 15.7 Å². The fraction of sp³-hybridized carbons (Fsp3) is 0.458. The number of aryl methyl sites for hydroxylation is 1. The Balaban J connectivity index is 0.833. The molecule has 3 aromatic carbocycles. The molecule has 0 bridgehead atoms. The predicted molar refractivity (Wildman–Crippen MR) is 256 cm³/mol. The number of anilines is 5. The number of imide groups is 2. The SMILES string of the molecule is Cc1cc(Nc2ncc(Cl)c(Nc3ccccc3S(=O)(=O)C(C)C)n2)c(OC(C)C)cc1C1CCN(CCCOCCOCCNc2cccc3c2C(=O)N(C2CCC(=O)NC2=O)C3=O)CC1. The quantitative estimate of drug-likeness (QED) is 0.0489. The van der Waals surface area contributed by atoms with Crippen LogP contribution in [-0.2, 0) is 28.9 Å². The Morgan fingerprint density at radius 3 is 2.33 bits per heavy atom. The molecule has 19 heteroatoms. The van der Waals surface area contributed by atoms with Crippen LogP contribution in [0.2, 0.25) is 5.02 Å². The Bertz CT molecular complexity index is 2590. The zero-order valence-electron chi connectivity index (χ0n) is 38.5. The number of carbonyl (C=O) groups is 4. The number of aromatic nitrogens is 2. The van der Waals surface area contributed by atoms with E-state index < -0.39 is 44.8 Å². The summed E-state index contributed by atoms with van der Waals surface area (Å²) < 4.78 is 44.1. The van der Waals surface area contributed by atoms with Crippen LogP contribution in [0, 0.1) is 6.92 Å². The number of rotatable bonds is 21. The number of piperidine rings is 2. The molecule has 67 heavy (non-hydrogen) atoms. The molecular weight excluding hydrogens is 900 g/mol. The number of fused-ring (bicyclic) bond motifs is 1. The molecule has 4 heterocycles. The Morgan fingerprint density at radius 1 is 0.866 bits per heavy atom. The number of halogens is 1. The van der Waals surface area contributed by atoms with Gasteiger partial charge in [-0.2, -0.15) is 4.98 Å². The molecule has 0 radical (unpaired) electrons. The van der Waals surface area contributed by atoms with Gasteiger partial charge in [0.25, 0.3) is 11.8 Å². The number of sulfone groups is 1. The summed E-state index contributed by atoms with van der Waals surface area (Å²) in [5, 5.41) is 11.5. The summed E-state index contributed by atoms with van der Waals surface area (Å²) in [5.41, 5.74) is 4.37. The first-order valence-corrected chi connectivity index (χ1v) is 24.7. The van der Waals surface area contributed by atoms with E-state index in [0.717, 1.165) is 49.4 Å². The number of amides is 4. The van der Waals surface area contributed by atoms with E-state index in [1.807, 2.05) is 13.8 Å². The monoisotopic (exact) mass is 958 g/mol. The predicted octanol–water partition coefficient (Wildman–Crippen LogP) is 7.01. The van der Waals surface area contributed by atoms with E-state index in [9.17, 15) is 27.6 Å². The zero-order valence-corrected chi connectivity index (χ0v) is 40.1. The van der Waals surface area contributed by atoms with Crippen molar-refractivity contribution in [1.29, 1.82) is 0 Å². The number of nitrogens with one attached hydrogen (secondary N) is 4. The fourth-order valence-corrected chi connectivity index (χ4v) is 9.87. The number of para-hydroxylation sites is 1. The highest BCUT2D eigenvalue weighted by atomic mass is 35.5. The molecule has 3 aliphatic heterocycles. The van der Waals surface area contributed by atoms with Crippen LogP contribution in [-0.4, -0.2) is 122 Å². The van der Waals surface area contributed by atoms with Crippen LogP contribution in [0.5, 0.6) is 5.75 Å². The van der Waals surface area contributed by atoms with Gasteiger partial charge >= 0.3 is 0 Å². The van der Waals surface area contributed by atoms with Gasteiger partial charge in [0.2, 0.25) is 17.8 Å². The molecule has 3 aliphatic rings. The second kappa shape index (κ2) is 22.0. The lowest BCUT2D eigenvalue weighted by atomic mass is 9.86. The molecule has 1 aromatic heterocycles. The second-order valence-electron chi connectivity index (χ2n) is 17.4. The molecule has 1 atom stereocenters. The van der Waals surface area contributed by atoms with Crippen LogP contribution < -0.4 is 26.0 Å². The van der Waals surface area contributed by atoms with Gasteiger partial charge in [0, 0.05) is 31.8 Å². The van der Waals surface area contributed by atoms with E-state index in [0.29, 0.717) is 61.7 Å². The number of carbonyl (C=O) groups excluding carboxylic acids is 4. The van der Waals surface area contributed by atoms with Crippen LogP contribution in [0.3, 0.4) is 0 Å². The fourth-order valence-electron chi connectivity index (χ4n) is 8.53. The molecule has 1 unspecified atom stereocenters. The smallest absolute Gasteiger partial charge is 0.264 e. The van der Waals surface area contributed by atoms with Crippen molar-refractivity contribution in [1.82, 2.24) is 25.1 Å². The Morgan fingerprint density at radius 2 is 1.60 bits per heavy atom. The zero-order chi connectivity index (χ0) is 47.8. The van der Waals surface area contributed by atoms with Crippen LogP contribution in [0.15, 0.2) is 65.7 Å². The summed E-state index contributed by atoms with van der Waals surface area (Å²) in [6.07, 6.45) is 4.46. The van der Waals surface area contributed by atoms with E-state index in [2.05, 4.69) is 55.2 Å². The Hall–Kier alpha value is -5.66. The van der Waals surface area contributed by atoms with Crippen molar-refractivity contribution in [3.05, 3.63) is 88.1 Å². The third-order valence-electron chi connectivity index (χ3n) is 12.0. The van der Waals surface area contributed by atoms with Crippen LogP contribution in [0.1, 0.15) is 97.6 Å². The topological polar surface area (TPSA) is 210 Å². The van der Waals surface area contributed by atoms with Crippen molar-refractivity contribution >= 4 is 73.9 Å². The lowest BCUT2D eigenvalue weighted by Gasteiger charge is -2.33. The molecule has 7 rings (SSSR count). The minimum Gasteiger partial charge on any atom is -0.489 e. The van der Waals surface area contributed by atoms with Gasteiger partial charge in [0.1, 0.15) is 16.8 Å². The third kappa shape index (κ3) is 11.7. The van der Waals surface area contributed by atoms with Crippen molar-refractivity contribution in [2.45, 2.75) is 94.9 Å².